The molecule has 6 aromatic rings. The summed E-state index contributed by atoms with van der Waals surface area (Å²) in [5.41, 5.74) is 0.883. The number of H-pyrrole nitrogens is 2. The van der Waals surface area contributed by atoms with Gasteiger partial charge in [-0.1, -0.05) is 24.3 Å². The Labute approximate surface area is 484 Å². The Morgan fingerprint density at radius 3 is 1.40 bits per heavy atom. The molecule has 2 atom stereocenters. The number of fused-ring (bicyclic) bond motifs is 2. The number of hydrogen-bond donors (Lipinski definition) is 5. The van der Waals surface area contributed by atoms with E-state index < -0.39 is 30.3 Å². The molecule has 81 heavy (non-hydrogen) atoms. The van der Waals surface area contributed by atoms with Gasteiger partial charge in [-0.3, -0.25) is 9.59 Å². The number of nitrogens with zero attached hydrogens (tertiary/aromatic N) is 7. The third kappa shape index (κ3) is 17.2. The summed E-state index contributed by atoms with van der Waals surface area (Å²) in [6.07, 6.45) is 7.75. The highest BCUT2D eigenvalue weighted by Crippen LogP contribution is 2.36. The summed E-state index contributed by atoms with van der Waals surface area (Å²) in [4.78, 5) is 81.4. The number of anilines is 2. The second-order valence-electron chi connectivity index (χ2n) is 22.8. The van der Waals surface area contributed by atoms with E-state index >= 15 is 0 Å². The lowest BCUT2D eigenvalue weighted by molar-refractivity contribution is 0.0196. The summed E-state index contributed by atoms with van der Waals surface area (Å²) in [6, 6.07) is 15.4. The van der Waals surface area contributed by atoms with Gasteiger partial charge in [0.2, 0.25) is 19.1 Å². The molecule has 0 saturated carbocycles. The normalized spacial score (nSPS) is 19.0. The van der Waals surface area contributed by atoms with E-state index in [0.29, 0.717) is 96.5 Å². The minimum absolute atomic E-state index is 0.0467. The fourth-order valence-corrected chi connectivity index (χ4v) is 12.9. The number of halogens is 1. The van der Waals surface area contributed by atoms with Gasteiger partial charge in [0.1, 0.15) is 55.6 Å². The summed E-state index contributed by atoms with van der Waals surface area (Å²) in [6.45, 7) is 15.9. The first-order chi connectivity index (χ1) is 38.1. The maximum atomic E-state index is 13.6. The number of hydrogen-bond acceptors (Lipinski definition) is 19. The zero-order chi connectivity index (χ0) is 58.4. The number of likely N-dealkylation sites (tertiary alicyclic amines) is 2. The molecule has 4 fully saturated rings. The molecule has 2 amide bonds. The number of carbonyl (C=O) groups is 2. The molecule has 27 heteroatoms. The molecule has 0 spiro atoms. The van der Waals surface area contributed by atoms with E-state index in [4.69, 9.17) is 29.4 Å². The van der Waals surface area contributed by atoms with Gasteiger partial charge in [0, 0.05) is 73.9 Å². The smallest absolute Gasteiger partial charge is 0.410 e. The predicted molar refractivity (Wildman–Crippen MR) is 320 cm³/mol. The average Bonchev–Trinajstić information content (AvgIpc) is 4.19. The monoisotopic (exact) mass is 1210 g/mol. The fourth-order valence-electron chi connectivity index (χ4n) is 10.0. The highest BCUT2D eigenvalue weighted by molar-refractivity contribution is 8.13. The van der Waals surface area contributed by atoms with Gasteiger partial charge >= 0.3 is 12.2 Å². The van der Waals surface area contributed by atoms with Gasteiger partial charge in [-0.2, -0.15) is 0 Å². The van der Waals surface area contributed by atoms with Gasteiger partial charge in [-0.05, 0) is 130 Å². The largest absolute Gasteiger partial charge is 0.444 e. The number of amides is 2. The van der Waals surface area contributed by atoms with Crippen molar-refractivity contribution in [2.75, 3.05) is 75.5 Å². The second-order valence-corrected chi connectivity index (χ2v) is 29.9. The number of nitrogens with one attached hydrogen (secondary N) is 5. The van der Waals surface area contributed by atoms with Crippen molar-refractivity contribution in [3.8, 4) is 21.1 Å². The van der Waals surface area contributed by atoms with E-state index in [1.165, 1.54) is 33.2 Å². The quantitative estimate of drug-likeness (QED) is 0.0848. The van der Waals surface area contributed by atoms with Crippen LogP contribution in [-0.4, -0.2) is 161 Å². The summed E-state index contributed by atoms with van der Waals surface area (Å²) in [5.74, 6) is 2.34. The first-order valence-corrected chi connectivity index (χ1v) is 33.4. The van der Waals surface area contributed by atoms with Gasteiger partial charge in [0.05, 0.1) is 32.9 Å². The number of carbonyl (C=O) groups excluding carboxylic acids is 2. The van der Waals surface area contributed by atoms with Gasteiger partial charge in [0.25, 0.3) is 11.1 Å². The third-order valence-corrected chi connectivity index (χ3v) is 17.2. The molecule has 22 nitrogen and oxygen atoms in total. The fraction of sp³-hybridized carbons (Fsp3) is 0.556. The molecule has 2 aromatic carbocycles. The van der Waals surface area contributed by atoms with Crippen molar-refractivity contribution in [1.82, 2.24) is 49.3 Å². The average molecular weight is 1210 g/mol. The van der Waals surface area contributed by atoms with E-state index in [2.05, 4.69) is 36.6 Å². The van der Waals surface area contributed by atoms with Crippen LogP contribution in [0.5, 0.6) is 0 Å². The molecule has 0 aliphatic carbocycles. The molecule has 4 aliphatic rings. The number of ether oxygens (including phenoxy) is 2. The Morgan fingerprint density at radius 2 is 1.01 bits per heavy atom. The molecule has 10 rings (SSSR count). The molecule has 440 valence electrons. The Bertz CT molecular complexity index is 3470. The number of piperidine rings is 4. The molecule has 4 saturated heterocycles. The van der Waals surface area contributed by atoms with Crippen LogP contribution in [0.3, 0.4) is 0 Å². The van der Waals surface area contributed by atoms with Crippen LogP contribution in [0.15, 0.2) is 58.1 Å². The second kappa shape index (κ2) is 25.8. The van der Waals surface area contributed by atoms with E-state index in [1.807, 2.05) is 90.1 Å². The Kier molecular flexibility index (Phi) is 19.5. The maximum Gasteiger partial charge on any atom is 0.410 e. The standard InChI is InChI=1S/C27H36N6O5S2.C26H34N6O3S.CH3ClO2S/c1-27(2,3)38-26(35)32-13-7-8-18(16-32)28-23-21(25-29-19-9-5-6-10-20(19)39-25)24(34)31-22(30-23)17-11-14-33(15-12-17)40(4,36)37;1-26(2,3)35-25(34)32-14-6-7-17(15-32)28-22-20(24-29-18-8-4-5-9-19(18)36-24)23(33)31-21(30-22)16-10-12-27-13-11-16;1-5(2,3)4/h5-6,9-10,17-18H,7-8,11-16H2,1-4H3,(H2,28,30,31,34);4-5,8-9,16-17,27H,6-7,10-15H2,1-3H3,(H2,28,30,31,33);1H3/t18-;17-;/m11./s1. The topological polar surface area (TPSA) is 284 Å². The van der Waals surface area contributed by atoms with Gasteiger partial charge < -0.3 is 45.2 Å². The van der Waals surface area contributed by atoms with Crippen LogP contribution in [0.4, 0.5) is 21.2 Å². The minimum atomic E-state index is -3.27. The number of thiazole rings is 2. The zero-order valence-electron chi connectivity index (χ0n) is 47.0. The Balaban J connectivity index is 0.000000197. The molecule has 8 heterocycles. The predicted octanol–water partition coefficient (Wildman–Crippen LogP) is 8.51. The van der Waals surface area contributed by atoms with Crippen LogP contribution in [0.1, 0.15) is 116 Å². The van der Waals surface area contributed by atoms with Crippen molar-refractivity contribution in [2.24, 2.45) is 0 Å². The van der Waals surface area contributed by atoms with Crippen molar-refractivity contribution >= 4 is 96.7 Å². The number of benzene rings is 2. The number of para-hydroxylation sites is 2. The molecule has 4 aliphatic heterocycles. The van der Waals surface area contributed by atoms with Gasteiger partial charge in [-0.25, -0.2) is 50.7 Å². The molecule has 0 bridgehead atoms. The maximum absolute atomic E-state index is 13.6. The van der Waals surface area contributed by atoms with Gasteiger partial charge in [0.15, 0.2) is 0 Å². The van der Waals surface area contributed by atoms with Crippen LogP contribution >= 0.6 is 33.4 Å². The van der Waals surface area contributed by atoms with Crippen LogP contribution in [0.2, 0.25) is 0 Å². The molecule has 4 aromatic heterocycles. The van der Waals surface area contributed by atoms with Crippen molar-refractivity contribution < 1.29 is 35.9 Å². The highest BCUT2D eigenvalue weighted by atomic mass is 35.7. The summed E-state index contributed by atoms with van der Waals surface area (Å²) < 4.78 is 57.4. The Morgan fingerprint density at radius 1 is 0.617 bits per heavy atom. The lowest BCUT2D eigenvalue weighted by Crippen LogP contribution is -2.47. The first-order valence-electron chi connectivity index (χ1n) is 27.2. The zero-order valence-corrected chi connectivity index (χ0v) is 51.0. The van der Waals surface area contributed by atoms with Gasteiger partial charge in [-0.15, -0.1) is 22.7 Å². The third-order valence-electron chi connectivity index (χ3n) is 13.8. The van der Waals surface area contributed by atoms with Crippen molar-refractivity contribution in [1.29, 1.82) is 0 Å². The molecular weight excluding hydrogens is 1140 g/mol. The SMILES string of the molecule is CC(C)(C)OC(=O)N1CCC[C@@H](Nc2nc(C3CCN(S(C)(=O)=O)CC3)[nH]c(=O)c2-c2nc3ccccc3s2)C1.CC(C)(C)OC(=O)N1CCC[C@@H](Nc2nc(C3CCNCC3)[nH]c(=O)c2-c2nc3ccccc3s2)C1.CS(=O)(=O)Cl. The number of aromatic amines is 2. The first kappa shape index (κ1) is 61.3. The summed E-state index contributed by atoms with van der Waals surface area (Å²) in [5, 5.41) is 11.6. The lowest BCUT2D eigenvalue weighted by atomic mass is 9.97. The van der Waals surface area contributed by atoms with Crippen LogP contribution in [0, 0.1) is 0 Å². The highest BCUT2D eigenvalue weighted by Gasteiger charge is 2.33. The van der Waals surface area contributed by atoms with E-state index in [-0.39, 0.29) is 47.2 Å². The Hall–Kier alpha value is -5.77. The van der Waals surface area contributed by atoms with Crippen LogP contribution in [-0.2, 0) is 28.5 Å². The van der Waals surface area contributed by atoms with E-state index in [1.54, 1.807) is 9.80 Å². The number of sulfonamides is 1. The van der Waals surface area contributed by atoms with E-state index in [9.17, 15) is 36.0 Å². The minimum Gasteiger partial charge on any atom is -0.444 e. The van der Waals surface area contributed by atoms with Crippen molar-refractivity contribution in [2.45, 2.75) is 128 Å². The summed E-state index contributed by atoms with van der Waals surface area (Å²) >= 11 is 2.92. The molecule has 5 N–H and O–H groups in total. The number of aromatic nitrogens is 6. The molecule has 0 unspecified atom stereocenters. The van der Waals surface area contributed by atoms with Crippen LogP contribution < -0.4 is 27.1 Å². The van der Waals surface area contributed by atoms with Crippen molar-refractivity contribution in [3.63, 3.8) is 0 Å². The van der Waals surface area contributed by atoms with E-state index in [0.717, 1.165) is 78.3 Å². The molecular formula is C54H73ClN12O10S4. The van der Waals surface area contributed by atoms with Crippen molar-refractivity contribution in [3.05, 3.63) is 80.9 Å². The lowest BCUT2D eigenvalue weighted by Gasteiger charge is -2.35. The number of rotatable bonds is 9. The summed E-state index contributed by atoms with van der Waals surface area (Å²) in [7, 11) is -1.96. The molecule has 0 radical (unpaired) electrons. The van der Waals surface area contributed by atoms with Crippen LogP contribution in [0.25, 0.3) is 41.6 Å².